The van der Waals surface area contributed by atoms with Crippen LogP contribution < -0.4 is 21.3 Å². The standard InChI is InChI=1S/C21H17N5O.C19H15N5OS/c27-21-20-19(25-17-5-1-3-15-4-2-8-23-18(15)17)16(13-26(20)12-11-24-21)14-6-9-22-10-7-14;25-19-18-16(23-14-2-1-3-15-17(14)22-11-26-15)13(10-24(18)9-8-21-19)12-4-6-20-7-5-12/h1-10,13,25H,11-12H2,(H,24,27);1-7,10-11,23H,8-9H2,(H,21,25). The van der Waals surface area contributed by atoms with E-state index in [9.17, 15) is 9.59 Å². The SMILES string of the molecule is O=C1NCCn2cc(-c3ccncc3)c(Nc3cccc4cccnc34)c21.O=C1NCCn2cc(-c3ccncc3)c(Nc3cccc4scnc34)c21. The number of nitrogens with one attached hydrogen (secondary N) is 4. The Kier molecular flexibility index (Phi) is 8.29. The Hall–Kier alpha value is -6.86. The lowest BCUT2D eigenvalue weighted by Crippen LogP contribution is -2.35. The van der Waals surface area contributed by atoms with E-state index in [1.165, 1.54) is 0 Å². The molecule has 2 aliphatic rings. The van der Waals surface area contributed by atoms with Crippen molar-refractivity contribution in [1.29, 1.82) is 0 Å². The highest BCUT2D eigenvalue weighted by Gasteiger charge is 2.27. The van der Waals surface area contributed by atoms with Crippen LogP contribution in [0.4, 0.5) is 22.7 Å². The summed E-state index contributed by atoms with van der Waals surface area (Å²) in [5.74, 6) is -0.137. The molecule has 0 saturated heterocycles. The van der Waals surface area contributed by atoms with E-state index < -0.39 is 0 Å². The van der Waals surface area contributed by atoms with Crippen LogP contribution in [0.15, 0.2) is 122 Å². The second-order valence-electron chi connectivity index (χ2n) is 12.5. The number of hydrogen-bond donors (Lipinski definition) is 4. The summed E-state index contributed by atoms with van der Waals surface area (Å²) in [4.78, 5) is 42.4. The summed E-state index contributed by atoms with van der Waals surface area (Å²) in [6.07, 6.45) is 12.9. The van der Waals surface area contributed by atoms with Crippen LogP contribution in [0.3, 0.4) is 0 Å². The number of carbonyl (C=O) groups excluding carboxylic acids is 2. The summed E-state index contributed by atoms with van der Waals surface area (Å²) in [5.41, 5.74) is 12.2. The van der Waals surface area contributed by atoms with Crippen molar-refractivity contribution in [2.45, 2.75) is 13.1 Å². The molecule has 0 unspecified atom stereocenters. The van der Waals surface area contributed by atoms with Gasteiger partial charge in [0.25, 0.3) is 11.8 Å². The van der Waals surface area contributed by atoms with Gasteiger partial charge in [-0.2, -0.15) is 0 Å². The van der Waals surface area contributed by atoms with Crippen LogP contribution in [-0.4, -0.2) is 54.0 Å². The van der Waals surface area contributed by atoms with Crippen molar-refractivity contribution in [2.24, 2.45) is 0 Å². The second-order valence-corrected chi connectivity index (χ2v) is 13.4. The van der Waals surface area contributed by atoms with Gasteiger partial charge in [-0.15, -0.1) is 11.3 Å². The van der Waals surface area contributed by atoms with Crippen LogP contribution in [0.25, 0.3) is 43.4 Å². The second kappa shape index (κ2) is 13.7. The summed E-state index contributed by atoms with van der Waals surface area (Å²) in [7, 11) is 0. The average molecular weight is 717 g/mol. The maximum Gasteiger partial charge on any atom is 0.270 e. The Morgan fingerprint density at radius 1 is 0.604 bits per heavy atom. The van der Waals surface area contributed by atoms with Crippen LogP contribution in [0.1, 0.15) is 21.0 Å². The smallest absolute Gasteiger partial charge is 0.270 e. The Labute approximate surface area is 307 Å². The number of pyridine rings is 3. The monoisotopic (exact) mass is 716 g/mol. The number of nitrogens with zero attached hydrogens (tertiary/aromatic N) is 6. The number of benzene rings is 2. The predicted molar refractivity (Wildman–Crippen MR) is 208 cm³/mol. The molecule has 12 nitrogen and oxygen atoms in total. The first-order valence-corrected chi connectivity index (χ1v) is 18.0. The number of anilines is 4. The third kappa shape index (κ3) is 6.02. The van der Waals surface area contributed by atoms with Crippen LogP contribution in [0.2, 0.25) is 0 Å². The van der Waals surface area contributed by atoms with Crippen molar-refractivity contribution in [3.05, 3.63) is 133 Å². The van der Waals surface area contributed by atoms with E-state index in [4.69, 9.17) is 0 Å². The van der Waals surface area contributed by atoms with E-state index in [1.54, 1.807) is 42.3 Å². The lowest BCUT2D eigenvalue weighted by Gasteiger charge is -2.18. The van der Waals surface area contributed by atoms with Crippen LogP contribution in [-0.2, 0) is 13.1 Å². The van der Waals surface area contributed by atoms with Crippen LogP contribution in [0.5, 0.6) is 0 Å². The first-order valence-electron chi connectivity index (χ1n) is 17.2. The third-order valence-electron chi connectivity index (χ3n) is 9.36. The molecule has 0 radical (unpaired) electrons. The molecule has 0 aliphatic carbocycles. The summed E-state index contributed by atoms with van der Waals surface area (Å²) < 4.78 is 5.13. The summed E-state index contributed by atoms with van der Waals surface area (Å²) in [5, 5.41) is 13.9. The van der Waals surface area contributed by atoms with Crippen LogP contribution in [0, 0.1) is 0 Å². The maximum absolute atomic E-state index is 12.6. The highest BCUT2D eigenvalue weighted by atomic mass is 32.1. The average Bonchev–Trinajstić information content (AvgIpc) is 3.93. The first-order chi connectivity index (χ1) is 26.1. The molecule has 2 aromatic carbocycles. The van der Waals surface area contributed by atoms with Crippen molar-refractivity contribution < 1.29 is 9.59 Å². The van der Waals surface area contributed by atoms with Gasteiger partial charge in [0.1, 0.15) is 16.9 Å². The maximum atomic E-state index is 12.6. The molecule has 260 valence electrons. The summed E-state index contributed by atoms with van der Waals surface area (Å²) in [6.45, 7) is 2.76. The van der Waals surface area contributed by atoms with Gasteiger partial charge in [0.05, 0.1) is 38.5 Å². The molecule has 8 aromatic rings. The minimum absolute atomic E-state index is 0.0653. The number of aromatic nitrogens is 6. The van der Waals surface area contributed by atoms with Crippen molar-refractivity contribution in [3.8, 4) is 22.3 Å². The number of carbonyl (C=O) groups is 2. The summed E-state index contributed by atoms with van der Waals surface area (Å²) in [6, 6.07) is 23.8. The zero-order chi connectivity index (χ0) is 35.7. The molecule has 2 aliphatic heterocycles. The van der Waals surface area contributed by atoms with Gasteiger partial charge in [0.2, 0.25) is 0 Å². The molecule has 4 N–H and O–H groups in total. The Balaban J connectivity index is 0.000000141. The van der Waals surface area contributed by atoms with Gasteiger partial charge >= 0.3 is 0 Å². The molecule has 0 fully saturated rings. The van der Waals surface area contributed by atoms with Gasteiger partial charge in [-0.05, 0) is 59.7 Å². The molecular weight excluding hydrogens is 685 g/mol. The normalized spacial score (nSPS) is 13.4. The van der Waals surface area contributed by atoms with E-state index >= 15 is 0 Å². The quantitative estimate of drug-likeness (QED) is 0.141. The van der Waals surface area contributed by atoms with E-state index in [1.807, 2.05) is 99.8 Å². The molecule has 0 saturated carbocycles. The molecular formula is C40H32N10O2S. The zero-order valence-electron chi connectivity index (χ0n) is 28.3. The van der Waals surface area contributed by atoms with Gasteiger partial charge in [-0.3, -0.25) is 24.5 Å². The number of fused-ring (bicyclic) bond motifs is 4. The summed E-state index contributed by atoms with van der Waals surface area (Å²) >= 11 is 1.60. The lowest BCUT2D eigenvalue weighted by atomic mass is 10.1. The van der Waals surface area contributed by atoms with Gasteiger partial charge in [0.15, 0.2) is 0 Å². The zero-order valence-corrected chi connectivity index (χ0v) is 29.1. The minimum Gasteiger partial charge on any atom is -0.351 e. The fraction of sp³-hybridized carbons (Fsp3) is 0.100. The van der Waals surface area contributed by atoms with E-state index in [-0.39, 0.29) is 11.8 Å². The van der Waals surface area contributed by atoms with Crippen LogP contribution >= 0.6 is 11.3 Å². The molecule has 10 rings (SSSR count). The molecule has 8 heterocycles. The number of thiazole rings is 1. The van der Waals surface area contributed by atoms with Crippen molar-refractivity contribution in [3.63, 3.8) is 0 Å². The van der Waals surface area contributed by atoms with Gasteiger partial charge < -0.3 is 30.4 Å². The number of hydrogen-bond acceptors (Lipinski definition) is 9. The van der Waals surface area contributed by atoms with Crippen molar-refractivity contribution in [1.82, 2.24) is 39.7 Å². The molecule has 53 heavy (non-hydrogen) atoms. The molecule has 0 bridgehead atoms. The van der Waals surface area contributed by atoms with Gasteiger partial charge in [0, 0.05) is 86.1 Å². The first kappa shape index (κ1) is 32.1. The minimum atomic E-state index is -0.0720. The van der Waals surface area contributed by atoms with Gasteiger partial charge in [-0.25, -0.2) is 4.98 Å². The largest absolute Gasteiger partial charge is 0.351 e. The number of rotatable bonds is 6. The van der Waals surface area contributed by atoms with E-state index in [0.29, 0.717) is 24.5 Å². The van der Waals surface area contributed by atoms with Gasteiger partial charge in [-0.1, -0.05) is 24.3 Å². The van der Waals surface area contributed by atoms with E-state index in [0.717, 1.165) is 79.2 Å². The molecule has 0 spiro atoms. The fourth-order valence-corrected chi connectivity index (χ4v) is 7.62. The van der Waals surface area contributed by atoms with Crippen molar-refractivity contribution in [2.75, 3.05) is 23.7 Å². The molecule has 2 amide bonds. The highest BCUT2D eigenvalue weighted by Crippen LogP contribution is 2.39. The molecule has 6 aromatic heterocycles. The topological polar surface area (TPSA) is 144 Å². The number of amides is 2. The molecule has 13 heteroatoms. The fourth-order valence-electron chi connectivity index (χ4n) is 6.92. The Morgan fingerprint density at radius 2 is 1.15 bits per heavy atom. The third-order valence-corrected chi connectivity index (χ3v) is 10.2. The molecule has 0 atom stereocenters. The Morgan fingerprint density at radius 3 is 1.75 bits per heavy atom. The van der Waals surface area contributed by atoms with E-state index in [2.05, 4.69) is 41.2 Å². The lowest BCUT2D eigenvalue weighted by molar-refractivity contribution is 0.0921. The van der Waals surface area contributed by atoms with Crippen molar-refractivity contribution >= 4 is 67.0 Å². The predicted octanol–water partition coefficient (Wildman–Crippen LogP) is 7.23. The Bertz CT molecular complexity index is 2630. The highest BCUT2D eigenvalue weighted by molar-refractivity contribution is 7.16. The number of para-hydroxylation sites is 2.